The van der Waals surface area contributed by atoms with Crippen molar-refractivity contribution in [2.45, 2.75) is 57.9 Å². The molecule has 4 aromatic rings. The van der Waals surface area contributed by atoms with E-state index in [1.807, 2.05) is 54.6 Å². The van der Waals surface area contributed by atoms with E-state index in [9.17, 15) is 4.79 Å². The molecule has 39 heavy (non-hydrogen) atoms. The zero-order chi connectivity index (χ0) is 27.3. The van der Waals surface area contributed by atoms with Gasteiger partial charge in [-0.1, -0.05) is 72.6 Å². The molecule has 4 rings (SSSR count). The standard InChI is InChI=1S/C33H38ClN3O2/c1-2-14-26-15-6-10-20-31(26)39-24-13-12-23-37-30-19-9-8-18-29(30)36-32(37)21-4-3-11-22-35-33(38)25-27-16-5-7-17-28(27)34/h2,5-10,15-20H,1,3-4,11-14,21-25H2,(H,35,38). The van der Waals surface area contributed by atoms with Crippen LogP contribution in [0, 0.1) is 0 Å². The topological polar surface area (TPSA) is 56.1 Å². The van der Waals surface area contributed by atoms with Crippen molar-refractivity contribution in [3.05, 3.63) is 107 Å². The van der Waals surface area contributed by atoms with Crippen LogP contribution in [0.4, 0.5) is 0 Å². The Hall–Kier alpha value is -3.57. The Morgan fingerprint density at radius 2 is 1.69 bits per heavy atom. The van der Waals surface area contributed by atoms with Crippen molar-refractivity contribution in [1.29, 1.82) is 0 Å². The van der Waals surface area contributed by atoms with Crippen molar-refractivity contribution in [3.63, 3.8) is 0 Å². The molecule has 1 amide bonds. The maximum atomic E-state index is 12.2. The highest BCUT2D eigenvalue weighted by molar-refractivity contribution is 6.31. The van der Waals surface area contributed by atoms with Crippen LogP contribution in [0.3, 0.4) is 0 Å². The minimum atomic E-state index is 0.0121. The lowest BCUT2D eigenvalue weighted by molar-refractivity contribution is -0.120. The summed E-state index contributed by atoms with van der Waals surface area (Å²) in [6.45, 7) is 6.13. The first-order chi connectivity index (χ1) is 19.2. The fourth-order valence-corrected chi connectivity index (χ4v) is 4.98. The minimum absolute atomic E-state index is 0.0121. The number of aromatic nitrogens is 2. The highest BCUT2D eigenvalue weighted by Gasteiger charge is 2.11. The number of carbonyl (C=O) groups is 1. The Labute approximate surface area is 236 Å². The van der Waals surface area contributed by atoms with E-state index in [2.05, 4.69) is 40.7 Å². The van der Waals surface area contributed by atoms with E-state index in [-0.39, 0.29) is 5.91 Å². The van der Waals surface area contributed by atoms with Gasteiger partial charge in [0, 0.05) is 24.5 Å². The molecule has 0 aliphatic heterocycles. The lowest BCUT2D eigenvalue weighted by Crippen LogP contribution is -2.26. The molecule has 0 atom stereocenters. The van der Waals surface area contributed by atoms with Gasteiger partial charge in [0.2, 0.25) is 5.91 Å². The summed E-state index contributed by atoms with van der Waals surface area (Å²) in [6, 6.07) is 24.0. The third kappa shape index (κ3) is 8.46. The van der Waals surface area contributed by atoms with E-state index in [0.29, 0.717) is 24.6 Å². The molecule has 0 spiro atoms. The molecule has 0 fully saturated rings. The van der Waals surface area contributed by atoms with Crippen LogP contribution < -0.4 is 10.1 Å². The molecule has 1 heterocycles. The number of aryl methyl sites for hydroxylation is 2. The third-order valence-electron chi connectivity index (χ3n) is 6.81. The van der Waals surface area contributed by atoms with Crippen molar-refractivity contribution in [2.24, 2.45) is 0 Å². The summed E-state index contributed by atoms with van der Waals surface area (Å²) in [5.41, 5.74) is 4.28. The van der Waals surface area contributed by atoms with Crippen LogP contribution in [0.15, 0.2) is 85.5 Å². The predicted molar refractivity (Wildman–Crippen MR) is 161 cm³/mol. The molecule has 204 valence electrons. The van der Waals surface area contributed by atoms with Crippen LogP contribution in [-0.2, 0) is 30.6 Å². The fourth-order valence-electron chi connectivity index (χ4n) is 4.78. The zero-order valence-corrected chi connectivity index (χ0v) is 23.3. The Balaban J connectivity index is 1.20. The number of ether oxygens (including phenoxy) is 1. The molecule has 0 aliphatic carbocycles. The van der Waals surface area contributed by atoms with Crippen molar-refractivity contribution < 1.29 is 9.53 Å². The summed E-state index contributed by atoms with van der Waals surface area (Å²) < 4.78 is 8.44. The Morgan fingerprint density at radius 3 is 2.54 bits per heavy atom. The van der Waals surface area contributed by atoms with Gasteiger partial charge in [0.25, 0.3) is 0 Å². The number of unbranched alkanes of at least 4 members (excludes halogenated alkanes) is 3. The molecule has 6 heteroatoms. The molecule has 1 N–H and O–H groups in total. The molecule has 5 nitrogen and oxygen atoms in total. The number of fused-ring (bicyclic) bond motifs is 1. The lowest BCUT2D eigenvalue weighted by atomic mass is 10.1. The molecular weight excluding hydrogens is 506 g/mol. The summed E-state index contributed by atoms with van der Waals surface area (Å²) in [5.74, 6) is 2.10. The molecule has 0 saturated heterocycles. The van der Waals surface area contributed by atoms with Crippen LogP contribution in [-0.4, -0.2) is 28.6 Å². The Kier molecular flexibility index (Phi) is 11.0. The number of allylic oxidation sites excluding steroid dienone is 1. The summed E-state index contributed by atoms with van der Waals surface area (Å²) >= 11 is 6.16. The summed E-state index contributed by atoms with van der Waals surface area (Å²) in [5, 5.41) is 3.65. The first kappa shape index (κ1) is 28.4. The van der Waals surface area contributed by atoms with Crippen LogP contribution in [0.1, 0.15) is 49.1 Å². The van der Waals surface area contributed by atoms with Gasteiger partial charge in [0.15, 0.2) is 0 Å². The SMILES string of the molecule is C=CCc1ccccc1OCCCCn1c(CCCCCNC(=O)Cc2ccccc2Cl)nc2ccccc21. The van der Waals surface area contributed by atoms with Crippen LogP contribution in [0.25, 0.3) is 11.0 Å². The number of rotatable bonds is 16. The zero-order valence-electron chi connectivity index (χ0n) is 22.6. The number of benzene rings is 3. The largest absolute Gasteiger partial charge is 0.493 e. The van der Waals surface area contributed by atoms with Gasteiger partial charge >= 0.3 is 0 Å². The summed E-state index contributed by atoms with van der Waals surface area (Å²) in [7, 11) is 0. The maximum Gasteiger partial charge on any atom is 0.224 e. The quantitative estimate of drug-likeness (QED) is 0.119. The van der Waals surface area contributed by atoms with Crippen LogP contribution in [0.2, 0.25) is 5.02 Å². The second kappa shape index (κ2) is 15.1. The van der Waals surface area contributed by atoms with E-state index in [4.69, 9.17) is 21.3 Å². The number of carbonyl (C=O) groups excluding carboxylic acids is 1. The number of para-hydroxylation sites is 3. The number of imidazole rings is 1. The van der Waals surface area contributed by atoms with Gasteiger partial charge in [-0.05, 0) is 67.5 Å². The highest BCUT2D eigenvalue weighted by atomic mass is 35.5. The minimum Gasteiger partial charge on any atom is -0.493 e. The average molecular weight is 544 g/mol. The lowest BCUT2D eigenvalue weighted by Gasteiger charge is -2.12. The van der Waals surface area contributed by atoms with Crippen molar-refractivity contribution >= 4 is 28.5 Å². The monoisotopic (exact) mass is 543 g/mol. The maximum absolute atomic E-state index is 12.2. The molecule has 0 unspecified atom stereocenters. The Morgan fingerprint density at radius 1 is 0.923 bits per heavy atom. The highest BCUT2D eigenvalue weighted by Crippen LogP contribution is 2.21. The second-order valence-corrected chi connectivity index (χ2v) is 10.2. The normalized spacial score (nSPS) is 11.0. The van der Waals surface area contributed by atoms with E-state index in [0.717, 1.165) is 74.1 Å². The van der Waals surface area contributed by atoms with Crippen molar-refractivity contribution in [1.82, 2.24) is 14.9 Å². The molecule has 1 aromatic heterocycles. The van der Waals surface area contributed by atoms with Crippen LogP contribution >= 0.6 is 11.6 Å². The Bertz CT molecular complexity index is 1360. The molecule has 3 aromatic carbocycles. The van der Waals surface area contributed by atoms with Gasteiger partial charge < -0.3 is 14.6 Å². The van der Waals surface area contributed by atoms with Crippen molar-refractivity contribution in [3.8, 4) is 5.75 Å². The molecule has 0 radical (unpaired) electrons. The molecular formula is C33H38ClN3O2. The van der Waals surface area contributed by atoms with Gasteiger partial charge in [-0.25, -0.2) is 4.98 Å². The molecule has 0 saturated carbocycles. The number of halogens is 1. The van der Waals surface area contributed by atoms with Gasteiger partial charge in [-0.15, -0.1) is 6.58 Å². The number of nitrogens with one attached hydrogen (secondary N) is 1. The first-order valence-corrected chi connectivity index (χ1v) is 14.3. The van der Waals surface area contributed by atoms with Gasteiger partial charge in [-0.2, -0.15) is 0 Å². The fraction of sp³-hybridized carbons (Fsp3) is 0.333. The first-order valence-electron chi connectivity index (χ1n) is 13.9. The van der Waals surface area contributed by atoms with Gasteiger partial charge in [-0.3, -0.25) is 4.79 Å². The van der Waals surface area contributed by atoms with Gasteiger partial charge in [0.05, 0.1) is 24.1 Å². The second-order valence-electron chi connectivity index (χ2n) is 9.75. The predicted octanol–water partition coefficient (Wildman–Crippen LogP) is 7.35. The van der Waals surface area contributed by atoms with E-state index < -0.39 is 0 Å². The summed E-state index contributed by atoms with van der Waals surface area (Å²) in [6.07, 6.45) is 8.97. The average Bonchev–Trinajstić information content (AvgIpc) is 3.30. The summed E-state index contributed by atoms with van der Waals surface area (Å²) in [4.78, 5) is 17.2. The number of hydrogen-bond acceptors (Lipinski definition) is 3. The van der Waals surface area contributed by atoms with Gasteiger partial charge in [0.1, 0.15) is 11.6 Å². The van der Waals surface area contributed by atoms with E-state index >= 15 is 0 Å². The van der Waals surface area contributed by atoms with E-state index in [1.54, 1.807) is 0 Å². The number of hydrogen-bond donors (Lipinski definition) is 1. The number of nitrogens with zero attached hydrogens (tertiary/aromatic N) is 2. The van der Waals surface area contributed by atoms with E-state index in [1.165, 1.54) is 11.1 Å². The smallest absolute Gasteiger partial charge is 0.224 e. The molecule has 0 aliphatic rings. The van der Waals surface area contributed by atoms with Crippen LogP contribution in [0.5, 0.6) is 5.75 Å². The van der Waals surface area contributed by atoms with Crippen molar-refractivity contribution in [2.75, 3.05) is 13.2 Å². The third-order valence-corrected chi connectivity index (χ3v) is 7.18. The molecule has 0 bridgehead atoms. The number of amides is 1.